The highest BCUT2D eigenvalue weighted by Gasteiger charge is 2.60. The lowest BCUT2D eigenvalue weighted by molar-refractivity contribution is -0.109. The lowest BCUT2D eigenvalue weighted by Gasteiger charge is -2.54. The van der Waals surface area contributed by atoms with Gasteiger partial charge in [0.25, 0.3) is 6.43 Å². The van der Waals surface area contributed by atoms with Gasteiger partial charge < -0.3 is 15.0 Å². The summed E-state index contributed by atoms with van der Waals surface area (Å²) in [5.41, 5.74) is 0.670. The number of amides is 2. The van der Waals surface area contributed by atoms with Crippen molar-refractivity contribution in [2.24, 2.45) is 11.3 Å². The second-order valence-electron chi connectivity index (χ2n) is 7.25. The fourth-order valence-electron chi connectivity index (χ4n) is 4.03. The summed E-state index contributed by atoms with van der Waals surface area (Å²) in [7, 11) is 0. The quantitative estimate of drug-likeness (QED) is 0.895. The Balaban J connectivity index is 1.67. The van der Waals surface area contributed by atoms with Gasteiger partial charge in [0.05, 0.1) is 12.6 Å². The number of ether oxygens (including phenoxy) is 1. The third-order valence-electron chi connectivity index (χ3n) is 5.24. The lowest BCUT2D eigenvalue weighted by atomic mass is 9.57. The predicted octanol–water partition coefficient (Wildman–Crippen LogP) is 3.28. The van der Waals surface area contributed by atoms with Gasteiger partial charge >= 0.3 is 6.03 Å². The summed E-state index contributed by atoms with van der Waals surface area (Å²) in [5, 5.41) is 2.98. The Morgan fingerprint density at radius 1 is 1.38 bits per heavy atom. The van der Waals surface area contributed by atoms with Gasteiger partial charge in [0, 0.05) is 30.5 Å². The molecule has 1 aromatic rings. The molecule has 2 aliphatic rings. The van der Waals surface area contributed by atoms with Crippen LogP contribution in [0, 0.1) is 11.3 Å². The van der Waals surface area contributed by atoms with Gasteiger partial charge in [0.15, 0.2) is 0 Å². The van der Waals surface area contributed by atoms with E-state index in [0.29, 0.717) is 6.61 Å². The summed E-state index contributed by atoms with van der Waals surface area (Å²) in [5.74, 6) is 0.286. The number of fused-ring (bicyclic) bond motifs is 1. The van der Waals surface area contributed by atoms with Crippen LogP contribution in [-0.4, -0.2) is 42.7 Å². The smallest absolute Gasteiger partial charge is 0.318 e. The summed E-state index contributed by atoms with van der Waals surface area (Å²) in [6, 6.07) is 8.74. The second-order valence-corrected chi connectivity index (χ2v) is 7.25. The molecule has 3 rings (SSSR count). The highest BCUT2D eigenvalue weighted by molar-refractivity contribution is 5.75. The fraction of sp³-hybridized carbons (Fsp3) is 0.611. The van der Waals surface area contributed by atoms with Crippen LogP contribution in [-0.2, 0) is 11.3 Å². The Hall–Kier alpha value is -1.69. The highest BCUT2D eigenvalue weighted by atomic mass is 19.3. The number of carbonyl (C=O) groups is 1. The van der Waals surface area contributed by atoms with E-state index in [-0.39, 0.29) is 30.0 Å². The SMILES string of the molecule is CC1(C)[C@H](NC(=O)N(Cc2ccccc2)CC(F)F)[C@H]2CCO[C@@H]21. The molecule has 0 aromatic heterocycles. The topological polar surface area (TPSA) is 41.6 Å². The van der Waals surface area contributed by atoms with Crippen LogP contribution in [0.15, 0.2) is 30.3 Å². The molecule has 4 nitrogen and oxygen atoms in total. The number of nitrogens with zero attached hydrogens (tertiary/aromatic N) is 1. The molecule has 0 bridgehead atoms. The maximum absolute atomic E-state index is 12.9. The first-order valence-corrected chi connectivity index (χ1v) is 8.38. The van der Waals surface area contributed by atoms with Crippen molar-refractivity contribution in [1.82, 2.24) is 10.2 Å². The van der Waals surface area contributed by atoms with Crippen molar-refractivity contribution in [1.29, 1.82) is 0 Å². The highest BCUT2D eigenvalue weighted by Crippen LogP contribution is 2.52. The van der Waals surface area contributed by atoms with E-state index in [1.807, 2.05) is 30.3 Å². The minimum atomic E-state index is -2.56. The monoisotopic (exact) mass is 338 g/mol. The number of hydrogen-bond acceptors (Lipinski definition) is 2. The van der Waals surface area contributed by atoms with Gasteiger partial charge in [-0.3, -0.25) is 0 Å². The van der Waals surface area contributed by atoms with Gasteiger partial charge in [-0.25, -0.2) is 13.6 Å². The molecule has 2 fully saturated rings. The molecule has 6 heteroatoms. The molecule has 0 unspecified atom stereocenters. The number of alkyl halides is 2. The maximum Gasteiger partial charge on any atom is 0.318 e. The fourth-order valence-corrected chi connectivity index (χ4v) is 4.03. The zero-order valence-electron chi connectivity index (χ0n) is 14.0. The van der Waals surface area contributed by atoms with Crippen LogP contribution >= 0.6 is 0 Å². The molecule has 2 amide bonds. The van der Waals surface area contributed by atoms with Gasteiger partial charge in [-0.15, -0.1) is 0 Å². The van der Waals surface area contributed by atoms with Gasteiger partial charge in [0.1, 0.15) is 0 Å². The molecule has 132 valence electrons. The van der Waals surface area contributed by atoms with Crippen molar-refractivity contribution in [3.63, 3.8) is 0 Å². The van der Waals surface area contributed by atoms with Gasteiger partial charge in [-0.1, -0.05) is 44.2 Å². The minimum Gasteiger partial charge on any atom is -0.377 e. The van der Waals surface area contributed by atoms with E-state index in [0.717, 1.165) is 12.0 Å². The molecule has 1 aromatic carbocycles. The first kappa shape index (κ1) is 17.1. The Bertz CT molecular complexity index is 580. The van der Waals surface area contributed by atoms with Crippen LogP contribution in [0.5, 0.6) is 0 Å². The van der Waals surface area contributed by atoms with E-state index in [9.17, 15) is 13.6 Å². The third-order valence-corrected chi connectivity index (χ3v) is 5.24. The first-order chi connectivity index (χ1) is 11.4. The predicted molar refractivity (Wildman–Crippen MR) is 86.8 cm³/mol. The lowest BCUT2D eigenvalue weighted by Crippen LogP contribution is -2.68. The molecule has 1 aliphatic heterocycles. The summed E-state index contributed by atoms with van der Waals surface area (Å²) in [6.07, 6.45) is -1.50. The van der Waals surface area contributed by atoms with Gasteiger partial charge in [-0.05, 0) is 12.0 Å². The molecule has 0 spiro atoms. The Morgan fingerprint density at radius 2 is 2.08 bits per heavy atom. The molecule has 1 aliphatic carbocycles. The molecule has 24 heavy (non-hydrogen) atoms. The molecule has 1 N–H and O–H groups in total. The average Bonchev–Trinajstić information content (AvgIpc) is 2.99. The van der Waals surface area contributed by atoms with Crippen molar-refractivity contribution in [2.45, 2.75) is 45.4 Å². The molecule has 1 heterocycles. The molecular weight excluding hydrogens is 314 g/mol. The molecule has 0 radical (unpaired) electrons. The van der Waals surface area contributed by atoms with Crippen LogP contribution in [0.2, 0.25) is 0 Å². The second kappa shape index (κ2) is 6.67. The number of halogens is 2. The Labute approximate surface area is 141 Å². The summed E-state index contributed by atoms with van der Waals surface area (Å²) < 4.78 is 31.5. The van der Waals surface area contributed by atoms with Gasteiger partial charge in [-0.2, -0.15) is 0 Å². The van der Waals surface area contributed by atoms with Crippen molar-refractivity contribution < 1.29 is 18.3 Å². The Morgan fingerprint density at radius 3 is 2.75 bits per heavy atom. The van der Waals surface area contributed by atoms with E-state index in [4.69, 9.17) is 4.74 Å². The first-order valence-electron chi connectivity index (χ1n) is 8.38. The summed E-state index contributed by atoms with van der Waals surface area (Å²) in [6.45, 7) is 4.42. The van der Waals surface area contributed by atoms with Crippen LogP contribution in [0.3, 0.4) is 0 Å². The van der Waals surface area contributed by atoms with E-state index in [1.54, 1.807) is 0 Å². The normalized spacial score (nSPS) is 27.5. The summed E-state index contributed by atoms with van der Waals surface area (Å²) in [4.78, 5) is 13.8. The van der Waals surface area contributed by atoms with E-state index >= 15 is 0 Å². The zero-order chi connectivity index (χ0) is 17.3. The molecule has 3 atom stereocenters. The molecular formula is C18H24F2N2O2. The van der Waals surface area contributed by atoms with Crippen LogP contribution in [0.4, 0.5) is 13.6 Å². The maximum atomic E-state index is 12.9. The largest absolute Gasteiger partial charge is 0.377 e. The molecule has 1 saturated carbocycles. The number of hydrogen-bond donors (Lipinski definition) is 1. The number of carbonyl (C=O) groups excluding carboxylic acids is 1. The zero-order valence-corrected chi connectivity index (χ0v) is 14.0. The van der Waals surface area contributed by atoms with Crippen molar-refractivity contribution >= 4 is 6.03 Å². The van der Waals surface area contributed by atoms with Crippen LogP contribution in [0.25, 0.3) is 0 Å². The van der Waals surface area contributed by atoms with Crippen molar-refractivity contribution in [3.8, 4) is 0 Å². The number of nitrogens with one attached hydrogen (secondary N) is 1. The Kier molecular flexibility index (Phi) is 4.76. The van der Waals surface area contributed by atoms with Crippen LogP contribution in [0.1, 0.15) is 25.8 Å². The van der Waals surface area contributed by atoms with E-state index < -0.39 is 19.0 Å². The van der Waals surface area contributed by atoms with E-state index in [2.05, 4.69) is 19.2 Å². The molecule has 1 saturated heterocycles. The summed E-state index contributed by atoms with van der Waals surface area (Å²) >= 11 is 0. The van der Waals surface area contributed by atoms with Crippen molar-refractivity contribution in [3.05, 3.63) is 35.9 Å². The number of benzene rings is 1. The third kappa shape index (κ3) is 3.24. The number of urea groups is 1. The number of rotatable bonds is 5. The van der Waals surface area contributed by atoms with Crippen molar-refractivity contribution in [2.75, 3.05) is 13.2 Å². The minimum absolute atomic E-state index is 0.0338. The van der Waals surface area contributed by atoms with Gasteiger partial charge in [0.2, 0.25) is 0 Å². The average molecular weight is 338 g/mol. The standard InChI is InChI=1S/C18H24F2N2O2/c1-18(2)15(13-8-9-24-16(13)18)21-17(23)22(11-14(19)20)10-12-6-4-3-5-7-12/h3-7,13-16H,8-11H2,1-2H3,(H,21,23)/t13-,15-,16+/m1/s1. The van der Waals surface area contributed by atoms with Crippen LogP contribution < -0.4 is 5.32 Å². The van der Waals surface area contributed by atoms with E-state index in [1.165, 1.54) is 4.90 Å².